The number of carbonyl (C=O) groups excluding carboxylic acids is 3. The van der Waals surface area contributed by atoms with Crippen LogP contribution in [0.5, 0.6) is 0 Å². The van der Waals surface area contributed by atoms with Crippen LogP contribution in [-0.4, -0.2) is 30.0 Å². The summed E-state index contributed by atoms with van der Waals surface area (Å²) in [5, 5.41) is 3.44. The van der Waals surface area contributed by atoms with Crippen molar-refractivity contribution in [2.75, 3.05) is 6.61 Å². The zero-order chi connectivity index (χ0) is 17.4. The lowest BCUT2D eigenvalue weighted by atomic mass is 10.1. The van der Waals surface area contributed by atoms with Crippen molar-refractivity contribution in [1.29, 1.82) is 0 Å². The maximum atomic E-state index is 12.4. The lowest BCUT2D eigenvalue weighted by Gasteiger charge is -2.05. The summed E-state index contributed by atoms with van der Waals surface area (Å²) in [6, 6.07) is 16.2. The third kappa shape index (κ3) is 4.36. The number of carbonyl (C=O) groups is 3. The van der Waals surface area contributed by atoms with Crippen LogP contribution in [0.4, 0.5) is 0 Å². The topological polar surface area (TPSA) is 82.0 Å². The van der Waals surface area contributed by atoms with Crippen molar-refractivity contribution in [2.45, 2.75) is 6.92 Å². The Bertz CT molecular complexity index is 753. The Morgan fingerprint density at radius 2 is 1.42 bits per heavy atom. The quantitative estimate of drug-likeness (QED) is 0.204. The second-order valence-corrected chi connectivity index (χ2v) is 4.60. The molecule has 24 heavy (non-hydrogen) atoms. The Labute approximate surface area is 138 Å². The minimum absolute atomic E-state index is 0.0621. The lowest BCUT2D eigenvalue weighted by Crippen LogP contribution is -2.27. The van der Waals surface area contributed by atoms with E-state index in [1.54, 1.807) is 43.3 Å². The first-order valence-corrected chi connectivity index (χ1v) is 7.24. The summed E-state index contributed by atoms with van der Waals surface area (Å²) in [6.07, 6.45) is 0. The first kappa shape index (κ1) is 17.1. The molecule has 0 spiro atoms. The predicted octanol–water partition coefficient (Wildman–Crippen LogP) is 2.65. The smallest absolute Gasteiger partial charge is 0.365 e. The van der Waals surface area contributed by atoms with E-state index in [1.807, 2.05) is 0 Å². The molecule has 0 amide bonds. The molecule has 2 aromatic carbocycles. The molecular weight excluding hydrogens is 310 g/mol. The number of esters is 1. The van der Waals surface area contributed by atoms with Crippen LogP contribution in [0.15, 0.2) is 65.8 Å². The van der Waals surface area contributed by atoms with Crippen molar-refractivity contribution in [3.8, 4) is 0 Å². The third-order valence-electron chi connectivity index (χ3n) is 2.95. The predicted molar refractivity (Wildman–Crippen MR) is 86.7 cm³/mol. The van der Waals surface area contributed by atoms with E-state index in [0.29, 0.717) is 0 Å². The molecule has 0 N–H and O–H groups in total. The molecule has 0 atom stereocenters. The highest BCUT2D eigenvalue weighted by molar-refractivity contribution is 6.67. The maximum Gasteiger partial charge on any atom is 0.365 e. The monoisotopic (exact) mass is 325 g/mol. The van der Waals surface area contributed by atoms with Gasteiger partial charge in [-0.3, -0.25) is 4.79 Å². The van der Waals surface area contributed by atoms with E-state index < -0.39 is 23.4 Å². The van der Waals surface area contributed by atoms with Gasteiger partial charge in [0.1, 0.15) is 0 Å². The van der Waals surface area contributed by atoms with Crippen LogP contribution in [0.2, 0.25) is 0 Å². The summed E-state index contributed by atoms with van der Waals surface area (Å²) in [5.74, 6) is -2.42. The first-order chi connectivity index (χ1) is 11.6. The van der Waals surface area contributed by atoms with Gasteiger partial charge >= 0.3 is 11.9 Å². The number of Topliss-reactive ketones (excluding diaryl/α,β-unsaturated/α-hetero) is 1. The number of rotatable bonds is 6. The van der Waals surface area contributed by atoms with Gasteiger partial charge in [0.25, 0.3) is 0 Å². The van der Waals surface area contributed by atoms with Gasteiger partial charge in [-0.05, 0) is 19.1 Å². The van der Waals surface area contributed by atoms with E-state index in [1.165, 1.54) is 24.3 Å². The average Bonchev–Trinajstić information content (AvgIpc) is 2.63. The molecule has 0 bridgehead atoms. The molecule has 6 heteroatoms. The van der Waals surface area contributed by atoms with Crippen molar-refractivity contribution in [1.82, 2.24) is 0 Å². The molecule has 2 rings (SSSR count). The molecule has 6 nitrogen and oxygen atoms in total. The molecule has 0 radical (unpaired) electrons. The zero-order valence-corrected chi connectivity index (χ0v) is 13.0. The molecule has 0 fully saturated rings. The number of nitrogens with zero attached hydrogens (tertiary/aromatic N) is 1. The molecular formula is C18H15NO5. The Balaban J connectivity index is 2.24. The normalized spacial score (nSPS) is 10.8. The fraction of sp³-hybridized carbons (Fsp3) is 0.111. The van der Waals surface area contributed by atoms with Gasteiger partial charge in [0, 0.05) is 5.56 Å². The van der Waals surface area contributed by atoms with E-state index in [0.717, 1.165) is 0 Å². The average molecular weight is 325 g/mol. The van der Waals surface area contributed by atoms with Crippen molar-refractivity contribution in [3.63, 3.8) is 0 Å². The van der Waals surface area contributed by atoms with Crippen LogP contribution in [0.3, 0.4) is 0 Å². The number of oxime groups is 1. The van der Waals surface area contributed by atoms with Gasteiger partial charge in [-0.25, -0.2) is 9.59 Å². The fourth-order valence-corrected chi connectivity index (χ4v) is 1.81. The molecule has 0 aromatic heterocycles. The number of ether oxygens (including phenoxy) is 1. The Kier molecular flexibility index (Phi) is 5.96. The third-order valence-corrected chi connectivity index (χ3v) is 2.95. The number of hydrogen-bond acceptors (Lipinski definition) is 6. The summed E-state index contributed by atoms with van der Waals surface area (Å²) in [6.45, 7) is 1.66. The minimum atomic E-state index is -0.952. The highest BCUT2D eigenvalue weighted by Gasteiger charge is 2.25. The largest absolute Gasteiger partial charge is 0.461 e. The van der Waals surface area contributed by atoms with E-state index in [9.17, 15) is 14.4 Å². The van der Waals surface area contributed by atoms with Crippen LogP contribution < -0.4 is 0 Å². The van der Waals surface area contributed by atoms with Gasteiger partial charge in [-0.15, -0.1) is 0 Å². The van der Waals surface area contributed by atoms with E-state index >= 15 is 0 Å². The summed E-state index contributed by atoms with van der Waals surface area (Å²) in [5.41, 5.74) is -0.107. The van der Waals surface area contributed by atoms with Gasteiger partial charge in [-0.1, -0.05) is 53.7 Å². The molecule has 0 aliphatic rings. The Morgan fingerprint density at radius 3 is 1.96 bits per heavy atom. The second-order valence-electron chi connectivity index (χ2n) is 4.60. The lowest BCUT2D eigenvalue weighted by molar-refractivity contribution is -0.135. The fourth-order valence-electron chi connectivity index (χ4n) is 1.81. The molecule has 0 aliphatic heterocycles. The van der Waals surface area contributed by atoms with Gasteiger partial charge < -0.3 is 9.57 Å². The highest BCUT2D eigenvalue weighted by atomic mass is 16.7. The molecule has 2 aromatic rings. The first-order valence-electron chi connectivity index (χ1n) is 7.24. The second kappa shape index (κ2) is 8.38. The number of benzene rings is 2. The van der Waals surface area contributed by atoms with Gasteiger partial charge in [-0.2, -0.15) is 0 Å². The Morgan fingerprint density at radius 1 is 0.875 bits per heavy atom. The maximum absolute atomic E-state index is 12.4. The summed E-state index contributed by atoms with van der Waals surface area (Å²) in [4.78, 5) is 41.0. The highest BCUT2D eigenvalue weighted by Crippen LogP contribution is 2.06. The van der Waals surface area contributed by atoms with Crippen molar-refractivity contribution in [2.24, 2.45) is 5.16 Å². The van der Waals surface area contributed by atoms with Gasteiger partial charge in [0.05, 0.1) is 12.2 Å². The molecule has 0 saturated heterocycles. The number of hydrogen-bond donors (Lipinski definition) is 0. The minimum Gasteiger partial charge on any atom is -0.461 e. The zero-order valence-electron chi connectivity index (χ0n) is 13.0. The summed E-state index contributed by atoms with van der Waals surface area (Å²) in [7, 11) is 0. The van der Waals surface area contributed by atoms with Crippen LogP contribution in [0.25, 0.3) is 0 Å². The van der Waals surface area contributed by atoms with Gasteiger partial charge in [0.15, 0.2) is 0 Å². The standard InChI is InChI=1S/C18H15NO5/c1-2-23-18(22)15(16(20)13-9-5-3-6-10-13)19-24-17(21)14-11-7-4-8-12-14/h3-12H,2H2,1H3. The van der Waals surface area contributed by atoms with Crippen LogP contribution in [0.1, 0.15) is 27.6 Å². The Hall–Kier alpha value is -3.28. The molecule has 0 aliphatic carbocycles. The van der Waals surface area contributed by atoms with Crippen LogP contribution in [0, 0.1) is 0 Å². The van der Waals surface area contributed by atoms with Crippen LogP contribution in [-0.2, 0) is 14.4 Å². The molecule has 0 heterocycles. The summed E-state index contributed by atoms with van der Waals surface area (Å²) < 4.78 is 4.80. The van der Waals surface area contributed by atoms with Crippen molar-refractivity contribution in [3.05, 3.63) is 71.8 Å². The van der Waals surface area contributed by atoms with Crippen molar-refractivity contribution < 1.29 is 24.0 Å². The SMILES string of the molecule is CCOC(=O)C(=NOC(=O)c1ccccc1)C(=O)c1ccccc1. The molecule has 0 saturated carbocycles. The summed E-state index contributed by atoms with van der Waals surface area (Å²) >= 11 is 0. The van der Waals surface area contributed by atoms with E-state index in [4.69, 9.17) is 9.57 Å². The number of ketones is 1. The molecule has 122 valence electrons. The van der Waals surface area contributed by atoms with Crippen molar-refractivity contribution >= 4 is 23.4 Å². The molecule has 0 unspecified atom stereocenters. The van der Waals surface area contributed by atoms with E-state index in [-0.39, 0.29) is 17.7 Å². The van der Waals surface area contributed by atoms with E-state index in [2.05, 4.69) is 5.16 Å². The van der Waals surface area contributed by atoms with Gasteiger partial charge in [0.2, 0.25) is 11.5 Å². The van der Waals surface area contributed by atoms with Crippen LogP contribution >= 0.6 is 0 Å².